The lowest BCUT2D eigenvalue weighted by Gasteiger charge is -2.26. The fraction of sp³-hybridized carbons (Fsp3) is 0.444. The Kier molecular flexibility index (Phi) is 5.40. The lowest BCUT2D eigenvalue weighted by atomic mass is 9.96. The van der Waals surface area contributed by atoms with Crippen LogP contribution in [0.3, 0.4) is 0 Å². The van der Waals surface area contributed by atoms with Crippen LogP contribution in [-0.2, 0) is 16.9 Å². The molecule has 1 aromatic carbocycles. The topological polar surface area (TPSA) is 70.5 Å². The summed E-state index contributed by atoms with van der Waals surface area (Å²) in [5.74, 6) is 0.748. The zero-order valence-electron chi connectivity index (χ0n) is 14.0. The largest absolute Gasteiger partial charge is 0.384 e. The summed E-state index contributed by atoms with van der Waals surface area (Å²) in [6.45, 7) is 6.00. The van der Waals surface area contributed by atoms with Gasteiger partial charge in [0.15, 0.2) is 0 Å². The summed E-state index contributed by atoms with van der Waals surface area (Å²) in [6.07, 6.45) is 3.67. The van der Waals surface area contributed by atoms with Gasteiger partial charge < -0.3 is 20.1 Å². The first kappa shape index (κ1) is 16.8. The van der Waals surface area contributed by atoms with Crippen molar-refractivity contribution in [3.63, 3.8) is 0 Å². The fourth-order valence-electron chi connectivity index (χ4n) is 2.72. The number of ether oxygens (including phenoxy) is 1. The monoisotopic (exact) mass is 328 g/mol. The number of benzene rings is 1. The van der Waals surface area contributed by atoms with Gasteiger partial charge in [-0.3, -0.25) is 0 Å². The molecule has 6 heteroatoms. The van der Waals surface area contributed by atoms with Crippen molar-refractivity contribution in [1.82, 2.24) is 15.3 Å². The normalized spacial score (nSPS) is 17.5. The first-order chi connectivity index (χ1) is 11.6. The Bertz CT molecular complexity index is 625. The lowest BCUT2D eigenvalue weighted by Crippen LogP contribution is -2.37. The number of anilines is 1. The number of hydrogen-bond donors (Lipinski definition) is 2. The summed E-state index contributed by atoms with van der Waals surface area (Å²) in [7, 11) is 0. The summed E-state index contributed by atoms with van der Waals surface area (Å²) < 4.78 is 5.34. The Morgan fingerprint density at radius 1 is 1.17 bits per heavy atom. The molecular formula is C18H24N4O2. The van der Waals surface area contributed by atoms with Gasteiger partial charge in [0, 0.05) is 44.1 Å². The molecule has 2 N–H and O–H groups in total. The standard InChI is InChI=1S/C18H24N4O2/c1-18(23,16-5-3-2-4-6-16)14-19-11-15-12-20-17(21-13-15)22-7-9-24-10-8-22/h2-6,12-13,19,23H,7-11,14H2,1H3. The van der Waals surface area contributed by atoms with Gasteiger partial charge in [0.1, 0.15) is 0 Å². The summed E-state index contributed by atoms with van der Waals surface area (Å²) in [5, 5.41) is 13.8. The van der Waals surface area contributed by atoms with Gasteiger partial charge in [0.25, 0.3) is 0 Å². The van der Waals surface area contributed by atoms with Gasteiger partial charge in [-0.15, -0.1) is 0 Å². The summed E-state index contributed by atoms with van der Waals surface area (Å²) in [5.41, 5.74) is 0.989. The number of aromatic nitrogens is 2. The molecule has 1 atom stereocenters. The maximum absolute atomic E-state index is 10.6. The molecule has 1 saturated heterocycles. The summed E-state index contributed by atoms with van der Waals surface area (Å²) in [6, 6.07) is 9.67. The maximum atomic E-state index is 10.6. The second-order valence-electron chi connectivity index (χ2n) is 6.23. The van der Waals surface area contributed by atoms with Crippen molar-refractivity contribution in [3.05, 3.63) is 53.9 Å². The van der Waals surface area contributed by atoms with E-state index < -0.39 is 5.60 Å². The highest BCUT2D eigenvalue weighted by molar-refractivity contribution is 5.30. The van der Waals surface area contributed by atoms with Gasteiger partial charge in [-0.1, -0.05) is 30.3 Å². The van der Waals surface area contributed by atoms with E-state index in [9.17, 15) is 5.11 Å². The molecule has 1 aliphatic heterocycles. The Morgan fingerprint density at radius 3 is 2.50 bits per heavy atom. The van der Waals surface area contributed by atoms with E-state index in [0.717, 1.165) is 43.4 Å². The highest BCUT2D eigenvalue weighted by atomic mass is 16.5. The van der Waals surface area contributed by atoms with E-state index in [1.807, 2.05) is 49.6 Å². The average molecular weight is 328 g/mol. The zero-order valence-corrected chi connectivity index (χ0v) is 14.0. The molecule has 6 nitrogen and oxygen atoms in total. The molecular weight excluding hydrogens is 304 g/mol. The molecule has 0 spiro atoms. The number of rotatable bonds is 6. The third kappa shape index (κ3) is 4.29. The van der Waals surface area contributed by atoms with E-state index in [4.69, 9.17) is 4.74 Å². The van der Waals surface area contributed by atoms with Crippen LogP contribution in [-0.4, -0.2) is 47.9 Å². The van der Waals surface area contributed by atoms with Crippen LogP contribution in [0.5, 0.6) is 0 Å². The van der Waals surface area contributed by atoms with Crippen molar-refractivity contribution < 1.29 is 9.84 Å². The van der Waals surface area contributed by atoms with E-state index in [2.05, 4.69) is 20.2 Å². The van der Waals surface area contributed by atoms with Gasteiger partial charge in [-0.25, -0.2) is 9.97 Å². The SMILES string of the molecule is CC(O)(CNCc1cnc(N2CCOCC2)nc1)c1ccccc1. The molecule has 0 aliphatic carbocycles. The van der Waals surface area contributed by atoms with Gasteiger partial charge in [0.05, 0.1) is 18.8 Å². The van der Waals surface area contributed by atoms with Crippen LogP contribution in [0.4, 0.5) is 5.95 Å². The highest BCUT2D eigenvalue weighted by Gasteiger charge is 2.22. The molecule has 1 unspecified atom stereocenters. The van der Waals surface area contributed by atoms with Crippen LogP contribution < -0.4 is 10.2 Å². The molecule has 2 heterocycles. The second-order valence-corrected chi connectivity index (χ2v) is 6.23. The second kappa shape index (κ2) is 7.70. The lowest BCUT2D eigenvalue weighted by molar-refractivity contribution is 0.0566. The number of hydrogen-bond acceptors (Lipinski definition) is 6. The Morgan fingerprint density at radius 2 is 1.83 bits per heavy atom. The van der Waals surface area contributed by atoms with Crippen LogP contribution in [0.15, 0.2) is 42.7 Å². The fourth-order valence-corrected chi connectivity index (χ4v) is 2.72. The summed E-state index contributed by atoms with van der Waals surface area (Å²) >= 11 is 0. The Balaban J connectivity index is 1.51. The first-order valence-corrected chi connectivity index (χ1v) is 8.27. The number of nitrogens with zero attached hydrogens (tertiary/aromatic N) is 3. The smallest absolute Gasteiger partial charge is 0.225 e. The Hall–Kier alpha value is -2.02. The quantitative estimate of drug-likeness (QED) is 0.833. The number of aliphatic hydroxyl groups is 1. The maximum Gasteiger partial charge on any atom is 0.225 e. The molecule has 1 fully saturated rings. The number of morpholine rings is 1. The molecule has 1 aromatic heterocycles. The minimum Gasteiger partial charge on any atom is -0.384 e. The summed E-state index contributed by atoms with van der Waals surface area (Å²) in [4.78, 5) is 11.0. The molecule has 0 bridgehead atoms. The predicted octanol–water partition coefficient (Wildman–Crippen LogP) is 1.31. The zero-order chi connectivity index (χ0) is 16.8. The predicted molar refractivity (Wildman–Crippen MR) is 92.8 cm³/mol. The molecule has 1 aliphatic rings. The van der Waals surface area contributed by atoms with Crippen molar-refractivity contribution in [2.45, 2.75) is 19.1 Å². The van der Waals surface area contributed by atoms with Crippen molar-refractivity contribution in [3.8, 4) is 0 Å². The molecule has 0 amide bonds. The van der Waals surface area contributed by atoms with Gasteiger partial charge >= 0.3 is 0 Å². The first-order valence-electron chi connectivity index (χ1n) is 8.27. The van der Waals surface area contributed by atoms with Gasteiger partial charge in [-0.2, -0.15) is 0 Å². The minimum absolute atomic E-state index is 0.461. The van der Waals surface area contributed by atoms with Crippen LogP contribution >= 0.6 is 0 Å². The average Bonchev–Trinajstić information content (AvgIpc) is 2.64. The molecule has 2 aromatic rings. The van der Waals surface area contributed by atoms with Crippen LogP contribution in [0, 0.1) is 0 Å². The Labute approximate surface area is 142 Å². The van der Waals surface area contributed by atoms with Crippen molar-refractivity contribution >= 4 is 5.95 Å². The van der Waals surface area contributed by atoms with Crippen molar-refractivity contribution in [1.29, 1.82) is 0 Å². The van der Waals surface area contributed by atoms with E-state index >= 15 is 0 Å². The molecule has 0 saturated carbocycles. The minimum atomic E-state index is -0.907. The van der Waals surface area contributed by atoms with E-state index in [0.29, 0.717) is 13.1 Å². The van der Waals surface area contributed by atoms with Gasteiger partial charge in [0.2, 0.25) is 5.95 Å². The third-order valence-corrected chi connectivity index (χ3v) is 4.18. The van der Waals surface area contributed by atoms with Gasteiger partial charge in [-0.05, 0) is 12.5 Å². The van der Waals surface area contributed by atoms with Crippen molar-refractivity contribution in [2.75, 3.05) is 37.7 Å². The van der Waals surface area contributed by atoms with E-state index in [-0.39, 0.29) is 0 Å². The molecule has 24 heavy (non-hydrogen) atoms. The van der Waals surface area contributed by atoms with Crippen LogP contribution in [0.1, 0.15) is 18.1 Å². The van der Waals surface area contributed by atoms with Crippen molar-refractivity contribution in [2.24, 2.45) is 0 Å². The van der Waals surface area contributed by atoms with Crippen LogP contribution in [0.25, 0.3) is 0 Å². The molecule has 128 valence electrons. The van der Waals surface area contributed by atoms with Crippen LogP contribution in [0.2, 0.25) is 0 Å². The highest BCUT2D eigenvalue weighted by Crippen LogP contribution is 2.19. The van der Waals surface area contributed by atoms with E-state index in [1.165, 1.54) is 0 Å². The number of nitrogens with one attached hydrogen (secondary N) is 1. The molecule has 3 rings (SSSR count). The third-order valence-electron chi connectivity index (χ3n) is 4.18. The molecule has 0 radical (unpaired) electrons. The van der Waals surface area contributed by atoms with E-state index in [1.54, 1.807) is 0 Å².